The predicted octanol–water partition coefficient (Wildman–Crippen LogP) is 16.0. The van der Waals surface area contributed by atoms with Crippen molar-refractivity contribution in [3.05, 3.63) is 224 Å². The number of nitrogens with zero attached hydrogens (tertiary/aromatic N) is 1. The van der Waals surface area contributed by atoms with Crippen molar-refractivity contribution in [3.8, 4) is 44.5 Å². The van der Waals surface area contributed by atoms with Crippen LogP contribution in [0.2, 0.25) is 0 Å². The second kappa shape index (κ2) is 14.1. The van der Waals surface area contributed by atoms with Gasteiger partial charge in [-0.15, -0.1) is 0 Å². The lowest BCUT2D eigenvalue weighted by molar-refractivity contribution is 0.673. The van der Waals surface area contributed by atoms with Crippen molar-refractivity contribution in [2.45, 2.75) is 0 Å². The zero-order valence-electron chi connectivity index (χ0n) is 31.7. The topological polar surface area (TPSA) is 16.4 Å². The Labute approximate surface area is 337 Å². The second-order valence-electron chi connectivity index (χ2n) is 14.9. The Kier molecular flexibility index (Phi) is 8.19. The largest absolute Gasteiger partial charge is 0.455 e. The van der Waals surface area contributed by atoms with Gasteiger partial charge < -0.3 is 9.32 Å². The fourth-order valence-corrected chi connectivity index (χ4v) is 8.67. The molecule has 11 aromatic rings. The lowest BCUT2D eigenvalue weighted by atomic mass is 9.94. The molecule has 0 fully saturated rings. The first-order valence-electron chi connectivity index (χ1n) is 19.8. The molecule has 0 saturated carbocycles. The van der Waals surface area contributed by atoms with Gasteiger partial charge >= 0.3 is 0 Å². The average molecular weight is 740 g/mol. The average Bonchev–Trinajstić information content (AvgIpc) is 3.69. The highest BCUT2D eigenvalue weighted by Gasteiger charge is 2.23. The van der Waals surface area contributed by atoms with Crippen molar-refractivity contribution in [2.24, 2.45) is 0 Å². The van der Waals surface area contributed by atoms with Gasteiger partial charge in [-0.1, -0.05) is 188 Å². The molecule has 0 radical (unpaired) electrons. The molecule has 0 aliphatic rings. The summed E-state index contributed by atoms with van der Waals surface area (Å²) < 4.78 is 6.86. The molecule has 11 rings (SSSR count). The number of anilines is 3. The molecule has 58 heavy (non-hydrogen) atoms. The Bertz CT molecular complexity index is 3270. The van der Waals surface area contributed by atoms with Gasteiger partial charge in [0.2, 0.25) is 0 Å². The number of rotatable bonds is 7. The summed E-state index contributed by atoms with van der Waals surface area (Å²) in [6, 6.07) is 80.6. The van der Waals surface area contributed by atoms with Crippen LogP contribution in [0.3, 0.4) is 0 Å². The quantitative estimate of drug-likeness (QED) is 0.162. The van der Waals surface area contributed by atoms with Gasteiger partial charge in [-0.2, -0.15) is 0 Å². The van der Waals surface area contributed by atoms with Crippen LogP contribution in [0.15, 0.2) is 229 Å². The fourth-order valence-electron chi connectivity index (χ4n) is 8.67. The molecule has 272 valence electrons. The molecule has 1 aromatic heterocycles. The molecule has 0 unspecified atom stereocenters. The highest BCUT2D eigenvalue weighted by molar-refractivity contribution is 6.23. The maximum absolute atomic E-state index is 6.86. The normalized spacial score (nSPS) is 11.4. The Morgan fingerprint density at radius 1 is 0.310 bits per heavy atom. The minimum atomic E-state index is 0.873. The van der Waals surface area contributed by atoms with Crippen molar-refractivity contribution in [3.63, 3.8) is 0 Å². The first kappa shape index (κ1) is 33.6. The van der Waals surface area contributed by atoms with Crippen molar-refractivity contribution in [2.75, 3.05) is 4.90 Å². The van der Waals surface area contributed by atoms with Crippen LogP contribution in [0.5, 0.6) is 0 Å². The van der Waals surface area contributed by atoms with E-state index in [0.29, 0.717) is 0 Å². The molecular formula is C56H37NO. The number of hydrogen-bond acceptors (Lipinski definition) is 2. The van der Waals surface area contributed by atoms with Gasteiger partial charge in [0.05, 0.1) is 11.4 Å². The molecule has 0 bridgehead atoms. The van der Waals surface area contributed by atoms with Gasteiger partial charge in [0.1, 0.15) is 11.2 Å². The van der Waals surface area contributed by atoms with E-state index >= 15 is 0 Å². The minimum absolute atomic E-state index is 0.873. The van der Waals surface area contributed by atoms with Crippen molar-refractivity contribution in [1.29, 1.82) is 0 Å². The standard InChI is InChI=1S/C56H37NO/c1-3-15-38(16-4-1)40-31-33-41(34-32-40)44-22-12-24-46(36-44)57(52-29-13-20-42-19-7-8-25-47(42)52)53-37-51-55-48(45-23-11-21-43(35-45)39-17-5-2-6-18-39)28-14-30-54(55)58-56(51)50-27-10-9-26-49(50)53/h1-37H. The van der Waals surface area contributed by atoms with Crippen molar-refractivity contribution < 1.29 is 4.42 Å². The summed E-state index contributed by atoms with van der Waals surface area (Å²) in [5, 5.41) is 6.77. The third-order valence-corrected chi connectivity index (χ3v) is 11.4. The van der Waals surface area contributed by atoms with E-state index in [1.54, 1.807) is 0 Å². The van der Waals surface area contributed by atoms with Crippen LogP contribution in [0.1, 0.15) is 0 Å². The molecule has 2 nitrogen and oxygen atoms in total. The number of benzene rings is 10. The van der Waals surface area contributed by atoms with Crippen LogP contribution in [-0.2, 0) is 0 Å². The van der Waals surface area contributed by atoms with Gasteiger partial charge in [0.25, 0.3) is 0 Å². The molecule has 0 amide bonds. The number of furan rings is 1. The number of fused-ring (bicyclic) bond motifs is 6. The second-order valence-corrected chi connectivity index (χ2v) is 14.9. The van der Waals surface area contributed by atoms with Crippen molar-refractivity contribution in [1.82, 2.24) is 0 Å². The molecule has 0 spiro atoms. The van der Waals surface area contributed by atoms with Crippen LogP contribution in [-0.4, -0.2) is 0 Å². The zero-order valence-corrected chi connectivity index (χ0v) is 31.7. The van der Waals surface area contributed by atoms with E-state index in [4.69, 9.17) is 4.42 Å². The van der Waals surface area contributed by atoms with E-state index in [-0.39, 0.29) is 0 Å². The monoisotopic (exact) mass is 739 g/mol. The Balaban J connectivity index is 1.15. The van der Waals surface area contributed by atoms with E-state index < -0.39 is 0 Å². The van der Waals surface area contributed by atoms with E-state index in [1.165, 1.54) is 38.6 Å². The van der Waals surface area contributed by atoms with Gasteiger partial charge in [0.15, 0.2) is 0 Å². The summed E-state index contributed by atoms with van der Waals surface area (Å²) in [5.74, 6) is 0. The van der Waals surface area contributed by atoms with Gasteiger partial charge in [0, 0.05) is 32.6 Å². The van der Waals surface area contributed by atoms with Crippen molar-refractivity contribution >= 4 is 60.5 Å². The van der Waals surface area contributed by atoms with E-state index in [9.17, 15) is 0 Å². The number of hydrogen-bond donors (Lipinski definition) is 0. The summed E-state index contributed by atoms with van der Waals surface area (Å²) in [5.41, 5.74) is 14.5. The molecule has 0 aliphatic heterocycles. The Hall–Kier alpha value is -7.68. The molecule has 2 heteroatoms. The fraction of sp³-hybridized carbons (Fsp3) is 0. The Morgan fingerprint density at radius 2 is 0.845 bits per heavy atom. The third-order valence-electron chi connectivity index (χ3n) is 11.4. The lowest BCUT2D eigenvalue weighted by Gasteiger charge is -2.29. The highest BCUT2D eigenvalue weighted by Crippen LogP contribution is 2.48. The zero-order chi connectivity index (χ0) is 38.4. The summed E-state index contributed by atoms with van der Waals surface area (Å²) in [7, 11) is 0. The maximum Gasteiger partial charge on any atom is 0.143 e. The van der Waals surface area contributed by atoms with Gasteiger partial charge in [-0.05, 0) is 86.3 Å². The molecule has 0 atom stereocenters. The first-order valence-corrected chi connectivity index (χ1v) is 19.8. The van der Waals surface area contributed by atoms with E-state index in [0.717, 1.165) is 66.5 Å². The van der Waals surface area contributed by atoms with Gasteiger partial charge in [-0.3, -0.25) is 0 Å². The lowest BCUT2D eigenvalue weighted by Crippen LogP contribution is -2.11. The maximum atomic E-state index is 6.86. The summed E-state index contributed by atoms with van der Waals surface area (Å²) in [4.78, 5) is 2.45. The van der Waals surface area contributed by atoms with Crippen LogP contribution in [0, 0.1) is 0 Å². The highest BCUT2D eigenvalue weighted by atomic mass is 16.3. The van der Waals surface area contributed by atoms with Crippen LogP contribution in [0.4, 0.5) is 17.1 Å². The molecule has 0 saturated heterocycles. The van der Waals surface area contributed by atoms with Crippen LogP contribution >= 0.6 is 0 Å². The van der Waals surface area contributed by atoms with Crippen LogP contribution < -0.4 is 4.90 Å². The molecule has 1 heterocycles. The van der Waals surface area contributed by atoms with E-state index in [2.05, 4.69) is 229 Å². The van der Waals surface area contributed by atoms with Gasteiger partial charge in [-0.25, -0.2) is 0 Å². The Morgan fingerprint density at radius 3 is 1.62 bits per heavy atom. The molecule has 0 N–H and O–H groups in total. The minimum Gasteiger partial charge on any atom is -0.455 e. The predicted molar refractivity (Wildman–Crippen MR) is 245 cm³/mol. The van der Waals surface area contributed by atoms with Crippen LogP contribution in [0.25, 0.3) is 88.0 Å². The molecule has 0 aliphatic carbocycles. The summed E-state index contributed by atoms with van der Waals surface area (Å²) >= 11 is 0. The molecular weight excluding hydrogens is 703 g/mol. The summed E-state index contributed by atoms with van der Waals surface area (Å²) in [6.45, 7) is 0. The summed E-state index contributed by atoms with van der Waals surface area (Å²) in [6.07, 6.45) is 0. The third kappa shape index (κ3) is 5.82. The molecule has 10 aromatic carbocycles. The van der Waals surface area contributed by atoms with E-state index in [1.807, 2.05) is 0 Å². The smallest absolute Gasteiger partial charge is 0.143 e. The first-order chi connectivity index (χ1) is 28.8. The SMILES string of the molecule is c1ccc(-c2ccc(-c3cccc(N(c4cccc5ccccc45)c4cc5c(oc6cccc(-c7cccc(-c8ccccc8)c7)c65)c5ccccc45)c3)cc2)cc1.